The van der Waals surface area contributed by atoms with E-state index in [4.69, 9.17) is 4.74 Å². The highest BCUT2D eigenvalue weighted by Gasteiger charge is 2.57. The summed E-state index contributed by atoms with van der Waals surface area (Å²) >= 11 is 0. The Balaban J connectivity index is 2.00. The summed E-state index contributed by atoms with van der Waals surface area (Å²) in [5, 5.41) is 9.86. The highest BCUT2D eigenvalue weighted by molar-refractivity contribution is 5.87. The van der Waals surface area contributed by atoms with Crippen molar-refractivity contribution < 1.29 is 27.8 Å². The first-order valence-corrected chi connectivity index (χ1v) is 7.69. The second-order valence-corrected chi connectivity index (χ2v) is 6.88. The molecular weight excluding hydrogens is 297 g/mol. The van der Waals surface area contributed by atoms with Crippen LogP contribution < -0.4 is 0 Å². The van der Waals surface area contributed by atoms with Crippen molar-refractivity contribution >= 4 is 5.97 Å². The molecule has 2 aliphatic rings. The molecule has 0 aromatic rings. The van der Waals surface area contributed by atoms with Gasteiger partial charge in [0.05, 0.1) is 0 Å². The number of carbonyl (C=O) groups is 1. The van der Waals surface area contributed by atoms with Gasteiger partial charge in [0.15, 0.2) is 5.60 Å². The fraction of sp³-hybridized carbons (Fsp3) is 0.812. The van der Waals surface area contributed by atoms with E-state index in [1.165, 1.54) is 0 Å². The van der Waals surface area contributed by atoms with Gasteiger partial charge >= 0.3 is 12.1 Å². The number of ether oxygens (including phenoxy) is 1. The molecule has 2 aliphatic carbocycles. The average molecular weight is 320 g/mol. The van der Waals surface area contributed by atoms with E-state index in [0.717, 1.165) is 13.3 Å². The van der Waals surface area contributed by atoms with Crippen LogP contribution in [0.2, 0.25) is 0 Å². The van der Waals surface area contributed by atoms with Crippen LogP contribution in [0.4, 0.5) is 13.2 Å². The third kappa shape index (κ3) is 3.16. The van der Waals surface area contributed by atoms with Crippen LogP contribution >= 0.6 is 0 Å². The van der Waals surface area contributed by atoms with Crippen molar-refractivity contribution in [2.45, 2.75) is 63.8 Å². The second kappa shape index (κ2) is 5.87. The molecule has 5 atom stereocenters. The van der Waals surface area contributed by atoms with E-state index in [9.17, 15) is 23.1 Å². The zero-order valence-corrected chi connectivity index (χ0v) is 12.9. The van der Waals surface area contributed by atoms with Crippen LogP contribution in [0, 0.1) is 17.8 Å². The summed E-state index contributed by atoms with van der Waals surface area (Å²) in [6.07, 6.45) is -2.25. The smallest absolute Gasteiger partial charge is 0.417 e. The molecule has 0 radical (unpaired) electrons. The lowest BCUT2D eigenvalue weighted by atomic mass is 9.69. The second-order valence-electron chi connectivity index (χ2n) is 6.88. The molecule has 0 bridgehead atoms. The van der Waals surface area contributed by atoms with Crippen molar-refractivity contribution in [2.75, 3.05) is 0 Å². The van der Waals surface area contributed by atoms with Gasteiger partial charge in [-0.1, -0.05) is 6.58 Å². The molecule has 0 aromatic heterocycles. The molecular formula is C16H23F3O3. The maximum Gasteiger partial charge on any atom is 0.417 e. The highest BCUT2D eigenvalue weighted by Crippen LogP contribution is 2.51. The summed E-state index contributed by atoms with van der Waals surface area (Å²) in [6.45, 7) is 5.98. The monoisotopic (exact) mass is 320 g/mol. The van der Waals surface area contributed by atoms with Gasteiger partial charge in [-0.3, -0.25) is 0 Å². The average Bonchev–Trinajstić information content (AvgIpc) is 2.79. The third-order valence-corrected chi connectivity index (χ3v) is 5.32. The number of halogens is 3. The van der Waals surface area contributed by atoms with E-state index in [-0.39, 0.29) is 17.9 Å². The van der Waals surface area contributed by atoms with Crippen molar-refractivity contribution in [1.29, 1.82) is 0 Å². The van der Waals surface area contributed by atoms with Gasteiger partial charge in [-0.15, -0.1) is 0 Å². The van der Waals surface area contributed by atoms with Gasteiger partial charge in [0, 0.05) is 5.57 Å². The van der Waals surface area contributed by atoms with Crippen LogP contribution in [0.25, 0.3) is 0 Å². The molecule has 2 rings (SSSR count). The number of hydrogen-bond donors (Lipinski definition) is 1. The molecule has 6 heteroatoms. The predicted molar refractivity (Wildman–Crippen MR) is 74.9 cm³/mol. The van der Waals surface area contributed by atoms with Crippen LogP contribution in [0.1, 0.15) is 46.0 Å². The van der Waals surface area contributed by atoms with Gasteiger partial charge in [-0.05, 0) is 63.7 Å². The van der Waals surface area contributed by atoms with E-state index in [1.54, 1.807) is 6.92 Å². The minimum Gasteiger partial charge on any atom is -0.459 e. The maximum atomic E-state index is 13.0. The lowest BCUT2D eigenvalue weighted by Gasteiger charge is -2.41. The zero-order chi connectivity index (χ0) is 16.7. The Morgan fingerprint density at radius 3 is 2.41 bits per heavy atom. The molecule has 0 aromatic carbocycles. The fourth-order valence-corrected chi connectivity index (χ4v) is 3.83. The number of carbonyl (C=O) groups excluding carboxylic acids is 1. The lowest BCUT2D eigenvalue weighted by Crippen LogP contribution is -2.51. The van der Waals surface area contributed by atoms with E-state index >= 15 is 0 Å². The molecule has 126 valence electrons. The van der Waals surface area contributed by atoms with E-state index in [0.29, 0.717) is 31.3 Å². The molecule has 0 spiro atoms. The minimum atomic E-state index is -4.62. The van der Waals surface area contributed by atoms with Crippen LogP contribution in [0.5, 0.6) is 0 Å². The zero-order valence-electron chi connectivity index (χ0n) is 12.9. The van der Waals surface area contributed by atoms with Crippen LogP contribution in [0.15, 0.2) is 12.2 Å². The summed E-state index contributed by atoms with van der Waals surface area (Å²) in [6, 6.07) is 0. The lowest BCUT2D eigenvalue weighted by molar-refractivity contribution is -0.277. The Kier molecular flexibility index (Phi) is 4.62. The van der Waals surface area contributed by atoms with Crippen molar-refractivity contribution in [3.63, 3.8) is 0 Å². The Morgan fingerprint density at radius 1 is 1.23 bits per heavy atom. The Hall–Kier alpha value is -1.04. The van der Waals surface area contributed by atoms with Gasteiger partial charge in [-0.25, -0.2) is 4.79 Å². The molecule has 1 N–H and O–H groups in total. The Morgan fingerprint density at radius 2 is 1.86 bits per heavy atom. The quantitative estimate of drug-likeness (QED) is 0.638. The van der Waals surface area contributed by atoms with Gasteiger partial charge in [0.1, 0.15) is 6.10 Å². The highest BCUT2D eigenvalue weighted by atomic mass is 19.4. The summed E-state index contributed by atoms with van der Waals surface area (Å²) in [5.74, 6) is -1.04. The number of rotatable bonds is 3. The van der Waals surface area contributed by atoms with Crippen LogP contribution in [-0.2, 0) is 9.53 Å². The number of hydrogen-bond acceptors (Lipinski definition) is 3. The third-order valence-electron chi connectivity index (χ3n) is 5.32. The summed E-state index contributed by atoms with van der Waals surface area (Å²) in [7, 11) is 0. The van der Waals surface area contributed by atoms with Crippen molar-refractivity contribution in [3.8, 4) is 0 Å². The molecule has 0 aliphatic heterocycles. The maximum absolute atomic E-state index is 13.0. The topological polar surface area (TPSA) is 46.5 Å². The number of aliphatic hydroxyl groups is 1. The summed E-state index contributed by atoms with van der Waals surface area (Å²) in [4.78, 5) is 11.6. The number of fused-ring (bicyclic) bond motifs is 1. The largest absolute Gasteiger partial charge is 0.459 e. The summed E-state index contributed by atoms with van der Waals surface area (Å²) < 4.78 is 44.3. The molecule has 5 unspecified atom stereocenters. The first kappa shape index (κ1) is 17.3. The van der Waals surface area contributed by atoms with Gasteiger partial charge in [0.2, 0.25) is 0 Å². The van der Waals surface area contributed by atoms with Gasteiger partial charge in [0.25, 0.3) is 0 Å². The van der Waals surface area contributed by atoms with Gasteiger partial charge < -0.3 is 9.84 Å². The van der Waals surface area contributed by atoms with Gasteiger partial charge in [-0.2, -0.15) is 13.2 Å². The van der Waals surface area contributed by atoms with Crippen molar-refractivity contribution in [1.82, 2.24) is 0 Å². The number of esters is 1. The SMILES string of the molecule is C=C(C)C(=O)OC1CCC2CC(C(C)(O)C(F)(F)F)CCC21. The van der Waals surface area contributed by atoms with Crippen LogP contribution in [-0.4, -0.2) is 29.0 Å². The molecule has 3 nitrogen and oxygen atoms in total. The summed E-state index contributed by atoms with van der Waals surface area (Å²) in [5.41, 5.74) is -2.32. The Bertz CT molecular complexity index is 456. The fourth-order valence-electron chi connectivity index (χ4n) is 3.83. The van der Waals surface area contributed by atoms with E-state index < -0.39 is 23.7 Å². The van der Waals surface area contributed by atoms with E-state index in [2.05, 4.69) is 6.58 Å². The first-order valence-electron chi connectivity index (χ1n) is 7.69. The normalized spacial score (nSPS) is 34.6. The van der Waals surface area contributed by atoms with Crippen LogP contribution in [0.3, 0.4) is 0 Å². The molecule has 2 saturated carbocycles. The number of alkyl halides is 3. The minimum absolute atomic E-state index is 0.0792. The van der Waals surface area contributed by atoms with Crippen molar-refractivity contribution in [2.24, 2.45) is 17.8 Å². The predicted octanol–water partition coefficient (Wildman–Crippen LogP) is 3.61. The molecule has 2 fully saturated rings. The molecule has 0 saturated heterocycles. The van der Waals surface area contributed by atoms with Crippen molar-refractivity contribution in [3.05, 3.63) is 12.2 Å². The molecule has 0 amide bonds. The first-order chi connectivity index (χ1) is 10.0. The molecule has 0 heterocycles. The Labute approximate surface area is 128 Å². The standard InChI is InChI=1S/C16H23F3O3/c1-9(2)14(20)22-13-7-4-10-8-11(5-6-12(10)13)15(3,21)16(17,18)19/h10-13,21H,1,4-8H2,2-3H3. The molecule has 22 heavy (non-hydrogen) atoms. The van der Waals surface area contributed by atoms with E-state index in [1.807, 2.05) is 0 Å².